The van der Waals surface area contributed by atoms with Crippen molar-refractivity contribution in [2.75, 3.05) is 13.1 Å². The van der Waals surface area contributed by atoms with Crippen LogP contribution in [0.15, 0.2) is 0 Å². The van der Waals surface area contributed by atoms with Crippen molar-refractivity contribution in [2.45, 2.75) is 31.9 Å². The van der Waals surface area contributed by atoms with Gasteiger partial charge in [-0.1, -0.05) is 12.8 Å². The molecule has 0 spiro atoms. The van der Waals surface area contributed by atoms with Gasteiger partial charge < -0.3 is 5.32 Å². The van der Waals surface area contributed by atoms with Gasteiger partial charge in [0.05, 0.1) is 6.42 Å². The van der Waals surface area contributed by atoms with Crippen LogP contribution in [0.1, 0.15) is 25.7 Å². The second-order valence-electron chi connectivity index (χ2n) is 3.35. The summed E-state index contributed by atoms with van der Waals surface area (Å²) in [6, 6.07) is 0. The van der Waals surface area contributed by atoms with Crippen LogP contribution in [0.2, 0.25) is 0 Å². The van der Waals surface area contributed by atoms with Gasteiger partial charge in [0.25, 0.3) is 0 Å². The van der Waals surface area contributed by atoms with Crippen LogP contribution in [0.3, 0.4) is 0 Å². The number of halogens is 3. The number of hydrogen-bond donors (Lipinski definition) is 1. The first-order valence-electron chi connectivity index (χ1n) is 4.35. The Labute approximate surface area is 70.3 Å². The SMILES string of the molecule is FC(F)(F)CCNCCC1CC1. The molecule has 1 N–H and O–H groups in total. The molecule has 72 valence electrons. The number of rotatable bonds is 5. The third-order valence-corrected chi connectivity index (χ3v) is 2.01. The molecule has 0 amide bonds. The fraction of sp³-hybridized carbons (Fsp3) is 1.00. The molecule has 0 bridgehead atoms. The monoisotopic (exact) mass is 181 g/mol. The maximum Gasteiger partial charge on any atom is 0.390 e. The standard InChI is InChI=1S/C8H14F3N/c9-8(10,11)4-6-12-5-3-7-1-2-7/h7,12H,1-6H2. The van der Waals surface area contributed by atoms with Crippen LogP contribution < -0.4 is 5.32 Å². The highest BCUT2D eigenvalue weighted by molar-refractivity contribution is 4.73. The molecule has 4 heteroatoms. The lowest BCUT2D eigenvalue weighted by molar-refractivity contribution is -0.133. The molecular formula is C8H14F3N. The van der Waals surface area contributed by atoms with Crippen molar-refractivity contribution in [3.8, 4) is 0 Å². The molecule has 0 aliphatic heterocycles. The Morgan fingerprint density at radius 1 is 1.17 bits per heavy atom. The predicted octanol–water partition coefficient (Wildman–Crippen LogP) is 2.33. The van der Waals surface area contributed by atoms with E-state index < -0.39 is 12.6 Å². The normalized spacial score (nSPS) is 18.2. The largest absolute Gasteiger partial charge is 0.390 e. The minimum Gasteiger partial charge on any atom is -0.316 e. The van der Waals surface area contributed by atoms with Crippen LogP contribution in [0.25, 0.3) is 0 Å². The first-order chi connectivity index (χ1) is 5.58. The lowest BCUT2D eigenvalue weighted by atomic mass is 10.3. The Hall–Kier alpha value is -0.250. The van der Waals surface area contributed by atoms with Gasteiger partial charge in [-0.2, -0.15) is 13.2 Å². The minimum absolute atomic E-state index is 0.0657. The summed E-state index contributed by atoms with van der Waals surface area (Å²) >= 11 is 0. The molecule has 0 aromatic carbocycles. The van der Waals surface area contributed by atoms with Gasteiger partial charge in [-0.3, -0.25) is 0 Å². The second-order valence-corrected chi connectivity index (χ2v) is 3.35. The van der Waals surface area contributed by atoms with E-state index in [-0.39, 0.29) is 6.54 Å². The van der Waals surface area contributed by atoms with Crippen LogP contribution in [0.4, 0.5) is 13.2 Å². The van der Waals surface area contributed by atoms with Gasteiger partial charge in [-0.25, -0.2) is 0 Å². The molecular weight excluding hydrogens is 167 g/mol. The zero-order valence-electron chi connectivity index (χ0n) is 6.95. The van der Waals surface area contributed by atoms with E-state index in [4.69, 9.17) is 0 Å². The van der Waals surface area contributed by atoms with Gasteiger partial charge in [0.15, 0.2) is 0 Å². The van der Waals surface area contributed by atoms with Crippen LogP contribution in [-0.2, 0) is 0 Å². The van der Waals surface area contributed by atoms with E-state index >= 15 is 0 Å². The molecule has 0 saturated heterocycles. The van der Waals surface area contributed by atoms with Gasteiger partial charge >= 0.3 is 6.18 Å². The summed E-state index contributed by atoms with van der Waals surface area (Å²) < 4.78 is 34.8. The number of hydrogen-bond acceptors (Lipinski definition) is 1. The van der Waals surface area contributed by atoms with E-state index in [1.807, 2.05) is 0 Å². The van der Waals surface area contributed by atoms with Gasteiger partial charge in [-0.15, -0.1) is 0 Å². The summed E-state index contributed by atoms with van der Waals surface area (Å²) in [6.45, 7) is 0.803. The molecule has 0 radical (unpaired) electrons. The van der Waals surface area contributed by atoms with Crippen molar-refractivity contribution >= 4 is 0 Å². The van der Waals surface area contributed by atoms with Crippen LogP contribution >= 0.6 is 0 Å². The van der Waals surface area contributed by atoms with Crippen molar-refractivity contribution < 1.29 is 13.2 Å². The Morgan fingerprint density at radius 3 is 2.33 bits per heavy atom. The zero-order valence-corrected chi connectivity index (χ0v) is 6.95. The Morgan fingerprint density at radius 2 is 1.83 bits per heavy atom. The summed E-state index contributed by atoms with van der Waals surface area (Å²) in [5.74, 6) is 0.795. The molecule has 1 aliphatic rings. The summed E-state index contributed by atoms with van der Waals surface area (Å²) in [5.41, 5.74) is 0. The van der Waals surface area contributed by atoms with Crippen molar-refractivity contribution in [2.24, 2.45) is 5.92 Å². The van der Waals surface area contributed by atoms with Crippen LogP contribution in [0, 0.1) is 5.92 Å². The molecule has 1 aliphatic carbocycles. The van der Waals surface area contributed by atoms with Crippen molar-refractivity contribution in [1.29, 1.82) is 0 Å². The topological polar surface area (TPSA) is 12.0 Å². The van der Waals surface area contributed by atoms with E-state index in [2.05, 4.69) is 5.32 Å². The molecule has 1 fully saturated rings. The average Bonchev–Trinajstić information content (AvgIpc) is 2.68. The van der Waals surface area contributed by atoms with E-state index in [0.29, 0.717) is 0 Å². The molecule has 0 unspecified atom stereocenters. The van der Waals surface area contributed by atoms with Crippen LogP contribution in [-0.4, -0.2) is 19.3 Å². The Bertz CT molecular complexity index is 129. The first kappa shape index (κ1) is 9.84. The van der Waals surface area contributed by atoms with Crippen molar-refractivity contribution in [1.82, 2.24) is 5.32 Å². The van der Waals surface area contributed by atoms with Crippen molar-refractivity contribution in [3.05, 3.63) is 0 Å². The predicted molar refractivity (Wildman–Crippen MR) is 40.9 cm³/mol. The van der Waals surface area contributed by atoms with E-state index in [1.165, 1.54) is 12.8 Å². The summed E-state index contributed by atoms with van der Waals surface area (Å²) in [4.78, 5) is 0. The highest BCUT2D eigenvalue weighted by Gasteiger charge is 2.26. The lowest BCUT2D eigenvalue weighted by Gasteiger charge is -2.06. The van der Waals surface area contributed by atoms with E-state index in [0.717, 1.165) is 18.9 Å². The molecule has 0 atom stereocenters. The molecule has 0 heterocycles. The molecule has 12 heavy (non-hydrogen) atoms. The van der Waals surface area contributed by atoms with Gasteiger partial charge in [0.2, 0.25) is 0 Å². The fourth-order valence-corrected chi connectivity index (χ4v) is 1.07. The van der Waals surface area contributed by atoms with E-state index in [9.17, 15) is 13.2 Å². The summed E-state index contributed by atoms with van der Waals surface area (Å²) in [5, 5.41) is 2.79. The third kappa shape index (κ3) is 5.41. The average molecular weight is 181 g/mol. The molecule has 0 aromatic rings. The maximum absolute atomic E-state index is 11.6. The van der Waals surface area contributed by atoms with Crippen molar-refractivity contribution in [3.63, 3.8) is 0 Å². The second kappa shape index (κ2) is 4.12. The molecule has 1 rings (SSSR count). The van der Waals surface area contributed by atoms with Gasteiger partial charge in [-0.05, 0) is 18.9 Å². The Kier molecular flexibility index (Phi) is 3.38. The zero-order chi connectivity index (χ0) is 9.03. The molecule has 0 aromatic heterocycles. The summed E-state index contributed by atoms with van der Waals surface area (Å²) in [6.07, 6.45) is -1.15. The smallest absolute Gasteiger partial charge is 0.316 e. The van der Waals surface area contributed by atoms with Gasteiger partial charge in [0.1, 0.15) is 0 Å². The van der Waals surface area contributed by atoms with Gasteiger partial charge in [0, 0.05) is 6.54 Å². The third-order valence-electron chi connectivity index (χ3n) is 2.01. The quantitative estimate of drug-likeness (QED) is 0.642. The lowest BCUT2D eigenvalue weighted by Crippen LogP contribution is -2.22. The number of alkyl halides is 3. The maximum atomic E-state index is 11.6. The number of nitrogens with one attached hydrogen (secondary N) is 1. The van der Waals surface area contributed by atoms with E-state index in [1.54, 1.807) is 0 Å². The fourth-order valence-electron chi connectivity index (χ4n) is 1.07. The highest BCUT2D eigenvalue weighted by Crippen LogP contribution is 2.31. The van der Waals surface area contributed by atoms with Crippen LogP contribution in [0.5, 0.6) is 0 Å². The first-order valence-corrected chi connectivity index (χ1v) is 4.35. The minimum atomic E-state index is -4.01. The highest BCUT2D eigenvalue weighted by atomic mass is 19.4. The molecule has 1 saturated carbocycles. The summed E-state index contributed by atoms with van der Waals surface area (Å²) in [7, 11) is 0. The Balaban J connectivity index is 1.82. The molecule has 1 nitrogen and oxygen atoms in total.